The lowest BCUT2D eigenvalue weighted by molar-refractivity contribution is -0.118. The molecule has 1 atom stereocenters. The van der Waals surface area contributed by atoms with E-state index in [-0.39, 0.29) is 5.56 Å². The van der Waals surface area contributed by atoms with E-state index in [9.17, 15) is 9.18 Å². The molecule has 0 aliphatic rings. The molecule has 0 radical (unpaired) electrons. The number of nitriles is 1. The highest BCUT2D eigenvalue weighted by atomic mass is 19.1. The van der Waals surface area contributed by atoms with Gasteiger partial charge < -0.3 is 10.6 Å². The van der Waals surface area contributed by atoms with Crippen LogP contribution < -0.4 is 10.6 Å². The molecule has 0 unspecified atom stereocenters. The van der Waals surface area contributed by atoms with Crippen LogP contribution in [-0.2, 0) is 18.3 Å². The number of nitrogens with one attached hydrogen (secondary N) is 2. The molecular weight excluding hydrogens is 431 g/mol. The number of aryl methyl sites for hydroxylation is 1. The number of halogens is 1. The van der Waals surface area contributed by atoms with Gasteiger partial charge in [0.15, 0.2) is 0 Å². The van der Waals surface area contributed by atoms with Crippen molar-refractivity contribution >= 4 is 11.7 Å². The van der Waals surface area contributed by atoms with Gasteiger partial charge in [-0.05, 0) is 42.3 Å². The molecule has 0 spiro atoms. The number of amides is 1. The number of carbonyl (C=O) groups is 1. The second-order valence-electron chi connectivity index (χ2n) is 7.79. The molecule has 0 saturated carbocycles. The Hall–Kier alpha value is -4.35. The number of anilines is 1. The normalized spacial score (nSPS) is 11.6. The number of carbonyl (C=O) groups excluding carboxylic acids is 1. The zero-order valence-corrected chi connectivity index (χ0v) is 18.6. The fourth-order valence-electron chi connectivity index (χ4n) is 3.57. The van der Waals surface area contributed by atoms with E-state index in [1.54, 1.807) is 53.5 Å². The van der Waals surface area contributed by atoms with Crippen molar-refractivity contribution < 1.29 is 9.18 Å². The van der Waals surface area contributed by atoms with Crippen LogP contribution in [0.4, 0.5) is 10.2 Å². The Morgan fingerprint density at radius 1 is 1.09 bits per heavy atom. The average molecular weight is 455 g/mol. The maximum absolute atomic E-state index is 14.5. The summed E-state index contributed by atoms with van der Waals surface area (Å²) in [4.78, 5) is 17.4. The van der Waals surface area contributed by atoms with Gasteiger partial charge in [-0.1, -0.05) is 30.3 Å². The van der Waals surface area contributed by atoms with Crippen molar-refractivity contribution in [3.05, 3.63) is 102 Å². The third-order valence-electron chi connectivity index (χ3n) is 5.38. The average Bonchev–Trinajstić information content (AvgIpc) is 3.29. The SMILES string of the molecule is Cn1cc(-c2ccc(NC(=O)[C@H](NCCc3ccc(C#N)cc3)c3ccccc3F)nc2)cn1. The van der Waals surface area contributed by atoms with E-state index in [0.29, 0.717) is 24.3 Å². The van der Waals surface area contributed by atoms with Crippen LogP contribution in [0.15, 0.2) is 79.3 Å². The summed E-state index contributed by atoms with van der Waals surface area (Å²) in [7, 11) is 1.84. The second-order valence-corrected chi connectivity index (χ2v) is 7.79. The molecule has 8 heteroatoms. The smallest absolute Gasteiger partial charge is 0.247 e. The summed E-state index contributed by atoms with van der Waals surface area (Å²) < 4.78 is 16.2. The van der Waals surface area contributed by atoms with Crippen LogP contribution in [0.3, 0.4) is 0 Å². The molecule has 4 rings (SSSR count). The number of hydrogen-bond donors (Lipinski definition) is 2. The van der Waals surface area contributed by atoms with Crippen LogP contribution in [0.5, 0.6) is 0 Å². The van der Waals surface area contributed by atoms with Gasteiger partial charge >= 0.3 is 0 Å². The summed E-state index contributed by atoms with van der Waals surface area (Å²) in [5, 5.41) is 19.0. The standard InChI is InChI=1S/C26H23FN6O/c1-33-17-21(16-31-33)20-10-11-24(30-15-20)32-26(34)25(22-4-2-3-5-23(22)27)29-13-12-18-6-8-19(14-28)9-7-18/h2-11,15-17,25,29H,12-13H2,1H3,(H,30,32,34)/t25-/m1/s1. The Balaban J connectivity index is 1.46. The summed E-state index contributed by atoms with van der Waals surface area (Å²) in [5.74, 6) is -0.507. The van der Waals surface area contributed by atoms with Crippen molar-refractivity contribution in [2.45, 2.75) is 12.5 Å². The highest BCUT2D eigenvalue weighted by Crippen LogP contribution is 2.21. The zero-order chi connectivity index (χ0) is 23.9. The van der Waals surface area contributed by atoms with Crippen LogP contribution in [0, 0.1) is 17.1 Å². The molecule has 0 saturated heterocycles. The van der Waals surface area contributed by atoms with Gasteiger partial charge in [-0.15, -0.1) is 0 Å². The summed E-state index contributed by atoms with van der Waals surface area (Å²) >= 11 is 0. The largest absolute Gasteiger partial charge is 0.309 e. The fourth-order valence-corrected chi connectivity index (χ4v) is 3.57. The maximum atomic E-state index is 14.5. The Morgan fingerprint density at radius 3 is 2.53 bits per heavy atom. The highest BCUT2D eigenvalue weighted by Gasteiger charge is 2.23. The van der Waals surface area contributed by atoms with Crippen LogP contribution >= 0.6 is 0 Å². The Bertz CT molecular complexity index is 1310. The predicted molar refractivity (Wildman–Crippen MR) is 127 cm³/mol. The number of rotatable bonds is 8. The molecule has 0 aliphatic heterocycles. The fraction of sp³-hybridized carbons (Fsp3) is 0.154. The summed E-state index contributed by atoms with van der Waals surface area (Å²) in [5.41, 5.74) is 3.64. The lowest BCUT2D eigenvalue weighted by Gasteiger charge is -2.19. The molecule has 1 amide bonds. The first-order chi connectivity index (χ1) is 16.5. The van der Waals surface area contributed by atoms with Crippen molar-refractivity contribution in [1.29, 1.82) is 5.26 Å². The van der Waals surface area contributed by atoms with Crippen LogP contribution in [0.1, 0.15) is 22.7 Å². The van der Waals surface area contributed by atoms with Crippen molar-refractivity contribution in [2.75, 3.05) is 11.9 Å². The van der Waals surface area contributed by atoms with Gasteiger partial charge in [0.25, 0.3) is 0 Å². The van der Waals surface area contributed by atoms with Crippen molar-refractivity contribution in [1.82, 2.24) is 20.1 Å². The molecule has 2 aromatic carbocycles. The minimum absolute atomic E-state index is 0.256. The van der Waals surface area contributed by atoms with E-state index in [1.165, 1.54) is 6.07 Å². The summed E-state index contributed by atoms with van der Waals surface area (Å²) in [6, 6.07) is 18.2. The molecule has 2 aromatic heterocycles. The Labute approximate surface area is 196 Å². The number of hydrogen-bond acceptors (Lipinski definition) is 5. The third-order valence-corrected chi connectivity index (χ3v) is 5.38. The van der Waals surface area contributed by atoms with Gasteiger partial charge in [-0.2, -0.15) is 10.4 Å². The molecule has 0 bridgehead atoms. The number of pyridine rings is 1. The molecule has 170 valence electrons. The van der Waals surface area contributed by atoms with Gasteiger partial charge in [0, 0.05) is 42.7 Å². The van der Waals surface area contributed by atoms with E-state index in [4.69, 9.17) is 5.26 Å². The monoisotopic (exact) mass is 454 g/mol. The van der Waals surface area contributed by atoms with E-state index in [0.717, 1.165) is 16.7 Å². The third kappa shape index (κ3) is 5.52. The lowest BCUT2D eigenvalue weighted by Crippen LogP contribution is -2.35. The van der Waals surface area contributed by atoms with E-state index < -0.39 is 17.8 Å². The molecule has 2 heterocycles. The number of nitrogens with zero attached hydrogens (tertiary/aromatic N) is 4. The van der Waals surface area contributed by atoms with Crippen LogP contribution in [-0.4, -0.2) is 27.2 Å². The minimum atomic E-state index is -0.903. The van der Waals surface area contributed by atoms with Gasteiger partial charge in [0.1, 0.15) is 17.7 Å². The molecule has 0 fully saturated rings. The van der Waals surface area contributed by atoms with Gasteiger partial charge in [0.2, 0.25) is 5.91 Å². The first-order valence-corrected chi connectivity index (χ1v) is 10.8. The quantitative estimate of drug-likeness (QED) is 0.420. The van der Waals surface area contributed by atoms with E-state index in [2.05, 4.69) is 26.8 Å². The topological polar surface area (TPSA) is 95.6 Å². The first kappa shape index (κ1) is 22.8. The predicted octanol–water partition coefficient (Wildman–Crippen LogP) is 4.00. The summed E-state index contributed by atoms with van der Waals surface area (Å²) in [6.45, 7) is 0.436. The number of benzene rings is 2. The van der Waals surface area contributed by atoms with Gasteiger partial charge in [-0.3, -0.25) is 9.48 Å². The van der Waals surface area contributed by atoms with Crippen LogP contribution in [0.25, 0.3) is 11.1 Å². The highest BCUT2D eigenvalue weighted by molar-refractivity contribution is 5.95. The molecule has 2 N–H and O–H groups in total. The molecule has 34 heavy (non-hydrogen) atoms. The molecular formula is C26H23FN6O. The maximum Gasteiger partial charge on any atom is 0.247 e. The molecule has 4 aromatic rings. The Kier molecular flexibility index (Phi) is 7.06. The lowest BCUT2D eigenvalue weighted by atomic mass is 10.0. The van der Waals surface area contributed by atoms with Crippen molar-refractivity contribution in [3.8, 4) is 17.2 Å². The Morgan fingerprint density at radius 2 is 1.88 bits per heavy atom. The van der Waals surface area contributed by atoms with Crippen molar-refractivity contribution in [2.24, 2.45) is 7.05 Å². The van der Waals surface area contributed by atoms with Crippen molar-refractivity contribution in [3.63, 3.8) is 0 Å². The second kappa shape index (κ2) is 10.5. The minimum Gasteiger partial charge on any atom is -0.309 e. The molecule has 0 aliphatic carbocycles. The molecule has 7 nitrogen and oxygen atoms in total. The van der Waals surface area contributed by atoms with E-state index >= 15 is 0 Å². The van der Waals surface area contributed by atoms with Gasteiger partial charge in [-0.25, -0.2) is 9.37 Å². The summed E-state index contributed by atoms with van der Waals surface area (Å²) in [6.07, 6.45) is 5.88. The van der Waals surface area contributed by atoms with Crippen LogP contribution in [0.2, 0.25) is 0 Å². The first-order valence-electron chi connectivity index (χ1n) is 10.8. The zero-order valence-electron chi connectivity index (χ0n) is 18.6. The van der Waals surface area contributed by atoms with Gasteiger partial charge in [0.05, 0.1) is 17.8 Å². The number of aromatic nitrogens is 3. The van der Waals surface area contributed by atoms with E-state index in [1.807, 2.05) is 31.4 Å².